The maximum atomic E-state index is 12.6. The molecule has 2 aromatic carbocycles. The van der Waals surface area contributed by atoms with Crippen LogP contribution in [0.2, 0.25) is 5.02 Å². The number of carbonyl (C=O) groups is 1. The fourth-order valence-electron chi connectivity index (χ4n) is 3.47. The molecule has 1 amide bonds. The van der Waals surface area contributed by atoms with E-state index in [1.807, 2.05) is 26.0 Å². The van der Waals surface area contributed by atoms with Gasteiger partial charge < -0.3 is 5.32 Å². The van der Waals surface area contributed by atoms with Gasteiger partial charge in [0.2, 0.25) is 10.0 Å². The standard InChI is InChI=1S/C21H21ClN4O3S/c1-14-20(22)15(2)26(24-14)19-8-4-16(5-9-19)21(27)23-17-6-10-18(11-7-17)25-12-3-13-30(25,28)29/h4-11H,3,12-13H2,1-2H3,(H,23,27). The number of nitrogens with zero attached hydrogens (tertiary/aromatic N) is 3. The number of hydrogen-bond acceptors (Lipinski definition) is 4. The van der Waals surface area contributed by atoms with Crippen molar-refractivity contribution in [3.05, 3.63) is 70.5 Å². The highest BCUT2D eigenvalue weighted by molar-refractivity contribution is 7.93. The van der Waals surface area contributed by atoms with E-state index >= 15 is 0 Å². The molecule has 0 aliphatic carbocycles. The second-order valence-corrected chi connectivity index (χ2v) is 9.58. The predicted octanol–water partition coefficient (Wildman–Crippen LogP) is 3.93. The molecule has 156 valence electrons. The highest BCUT2D eigenvalue weighted by atomic mass is 35.5. The monoisotopic (exact) mass is 444 g/mol. The molecular formula is C21H21ClN4O3S. The van der Waals surface area contributed by atoms with Crippen LogP contribution in [0.5, 0.6) is 0 Å². The van der Waals surface area contributed by atoms with Gasteiger partial charge in [0.05, 0.1) is 33.5 Å². The molecule has 4 rings (SSSR count). The number of hydrogen-bond donors (Lipinski definition) is 1. The zero-order chi connectivity index (χ0) is 21.5. The molecule has 0 radical (unpaired) electrons. The van der Waals surface area contributed by atoms with Gasteiger partial charge in [-0.25, -0.2) is 13.1 Å². The van der Waals surface area contributed by atoms with Crippen LogP contribution in [0.25, 0.3) is 5.69 Å². The molecule has 1 fully saturated rings. The first-order chi connectivity index (χ1) is 14.3. The van der Waals surface area contributed by atoms with Gasteiger partial charge in [0.25, 0.3) is 5.91 Å². The first-order valence-electron chi connectivity index (χ1n) is 9.50. The Labute approximate surface area is 180 Å². The summed E-state index contributed by atoms with van der Waals surface area (Å²) in [6.45, 7) is 4.22. The summed E-state index contributed by atoms with van der Waals surface area (Å²) in [5, 5.41) is 7.87. The van der Waals surface area contributed by atoms with Crippen molar-refractivity contribution < 1.29 is 13.2 Å². The maximum Gasteiger partial charge on any atom is 0.255 e. The van der Waals surface area contributed by atoms with Crippen molar-refractivity contribution in [2.24, 2.45) is 0 Å². The second kappa shape index (κ2) is 7.77. The van der Waals surface area contributed by atoms with Gasteiger partial charge in [0.1, 0.15) is 0 Å². The largest absolute Gasteiger partial charge is 0.322 e. The van der Waals surface area contributed by atoms with E-state index in [-0.39, 0.29) is 11.7 Å². The SMILES string of the molecule is Cc1nn(-c2ccc(C(=O)Nc3ccc(N4CCCS4(=O)=O)cc3)cc2)c(C)c1Cl. The Kier molecular flexibility index (Phi) is 5.29. The van der Waals surface area contributed by atoms with Gasteiger partial charge in [-0.3, -0.25) is 9.10 Å². The first kappa shape index (κ1) is 20.4. The lowest BCUT2D eigenvalue weighted by atomic mass is 10.2. The third-order valence-electron chi connectivity index (χ3n) is 5.09. The summed E-state index contributed by atoms with van der Waals surface area (Å²) in [5.74, 6) is -0.0832. The van der Waals surface area contributed by atoms with Crippen LogP contribution in [-0.4, -0.2) is 36.4 Å². The normalized spacial score (nSPS) is 15.4. The van der Waals surface area contributed by atoms with Crippen molar-refractivity contribution in [1.29, 1.82) is 0 Å². The maximum absolute atomic E-state index is 12.6. The molecule has 0 spiro atoms. The van der Waals surface area contributed by atoms with Gasteiger partial charge in [-0.1, -0.05) is 11.6 Å². The molecule has 9 heteroatoms. The molecule has 1 saturated heterocycles. The quantitative estimate of drug-likeness (QED) is 0.660. The number of nitrogens with one attached hydrogen (secondary N) is 1. The molecule has 0 bridgehead atoms. The van der Waals surface area contributed by atoms with Crippen molar-refractivity contribution in [2.45, 2.75) is 20.3 Å². The van der Waals surface area contributed by atoms with Crippen LogP contribution in [0.3, 0.4) is 0 Å². The van der Waals surface area contributed by atoms with Crippen LogP contribution in [0.4, 0.5) is 11.4 Å². The van der Waals surface area contributed by atoms with Crippen LogP contribution in [0, 0.1) is 13.8 Å². The number of amides is 1. The third kappa shape index (κ3) is 3.80. The molecule has 0 unspecified atom stereocenters. The lowest BCUT2D eigenvalue weighted by Gasteiger charge is -2.17. The van der Waals surface area contributed by atoms with Gasteiger partial charge in [-0.15, -0.1) is 0 Å². The Hall–Kier alpha value is -2.84. The fraction of sp³-hybridized carbons (Fsp3) is 0.238. The van der Waals surface area contributed by atoms with E-state index in [0.717, 1.165) is 17.1 Å². The summed E-state index contributed by atoms with van der Waals surface area (Å²) < 4.78 is 27.2. The lowest BCUT2D eigenvalue weighted by Crippen LogP contribution is -2.24. The summed E-state index contributed by atoms with van der Waals surface area (Å²) in [7, 11) is -3.22. The molecule has 0 atom stereocenters. The molecular weight excluding hydrogens is 424 g/mol. The average molecular weight is 445 g/mol. The van der Waals surface area contributed by atoms with E-state index in [9.17, 15) is 13.2 Å². The molecule has 1 aliphatic heterocycles. The predicted molar refractivity (Wildman–Crippen MR) is 118 cm³/mol. The number of rotatable bonds is 4. The molecule has 7 nitrogen and oxygen atoms in total. The number of aromatic nitrogens is 2. The Morgan fingerprint density at radius 1 is 1.03 bits per heavy atom. The lowest BCUT2D eigenvalue weighted by molar-refractivity contribution is 0.102. The van der Waals surface area contributed by atoms with Crippen molar-refractivity contribution >= 4 is 38.9 Å². The number of sulfonamides is 1. The van der Waals surface area contributed by atoms with Gasteiger partial charge in [0.15, 0.2) is 0 Å². The zero-order valence-electron chi connectivity index (χ0n) is 16.6. The van der Waals surface area contributed by atoms with Crippen LogP contribution in [0.15, 0.2) is 48.5 Å². The van der Waals surface area contributed by atoms with E-state index in [2.05, 4.69) is 10.4 Å². The van der Waals surface area contributed by atoms with E-state index in [0.29, 0.717) is 34.9 Å². The smallest absolute Gasteiger partial charge is 0.255 e. The zero-order valence-corrected chi connectivity index (χ0v) is 18.2. The molecule has 3 aromatic rings. The van der Waals surface area contributed by atoms with Crippen LogP contribution >= 0.6 is 11.6 Å². The van der Waals surface area contributed by atoms with Crippen molar-refractivity contribution in [3.63, 3.8) is 0 Å². The van der Waals surface area contributed by atoms with Gasteiger partial charge in [-0.2, -0.15) is 5.10 Å². The highest BCUT2D eigenvalue weighted by Crippen LogP contribution is 2.26. The summed E-state index contributed by atoms with van der Waals surface area (Å²) >= 11 is 6.20. The second-order valence-electron chi connectivity index (χ2n) is 7.19. The Morgan fingerprint density at radius 2 is 1.67 bits per heavy atom. The molecule has 30 heavy (non-hydrogen) atoms. The summed E-state index contributed by atoms with van der Waals surface area (Å²) in [6.07, 6.45) is 0.626. The Morgan fingerprint density at radius 3 is 2.20 bits per heavy atom. The summed E-state index contributed by atoms with van der Waals surface area (Å²) in [4.78, 5) is 12.6. The van der Waals surface area contributed by atoms with E-state index in [1.165, 1.54) is 4.31 Å². The number of anilines is 2. The van der Waals surface area contributed by atoms with Gasteiger partial charge in [0, 0.05) is 17.8 Å². The molecule has 1 aromatic heterocycles. The van der Waals surface area contributed by atoms with E-state index < -0.39 is 10.0 Å². The molecule has 0 saturated carbocycles. The van der Waals surface area contributed by atoms with Crippen LogP contribution < -0.4 is 9.62 Å². The van der Waals surface area contributed by atoms with Crippen molar-refractivity contribution in [3.8, 4) is 5.69 Å². The molecule has 1 aliphatic rings. The van der Waals surface area contributed by atoms with Crippen molar-refractivity contribution in [2.75, 3.05) is 21.9 Å². The minimum atomic E-state index is -3.22. The Balaban J connectivity index is 1.47. The molecule has 1 N–H and O–H groups in total. The van der Waals surface area contributed by atoms with Crippen LogP contribution in [-0.2, 0) is 10.0 Å². The van der Waals surface area contributed by atoms with Gasteiger partial charge >= 0.3 is 0 Å². The van der Waals surface area contributed by atoms with E-state index in [4.69, 9.17) is 11.6 Å². The highest BCUT2D eigenvalue weighted by Gasteiger charge is 2.28. The number of aryl methyl sites for hydroxylation is 1. The van der Waals surface area contributed by atoms with Gasteiger partial charge in [-0.05, 0) is 68.8 Å². The Bertz CT molecular complexity index is 1200. The molecule has 2 heterocycles. The minimum Gasteiger partial charge on any atom is -0.322 e. The third-order valence-corrected chi connectivity index (χ3v) is 7.51. The first-order valence-corrected chi connectivity index (χ1v) is 11.5. The van der Waals surface area contributed by atoms with Crippen molar-refractivity contribution in [1.82, 2.24) is 9.78 Å². The number of carbonyl (C=O) groups excluding carboxylic acids is 1. The van der Waals surface area contributed by atoms with Crippen LogP contribution in [0.1, 0.15) is 28.2 Å². The fourth-order valence-corrected chi connectivity index (χ4v) is 5.16. The average Bonchev–Trinajstić information content (AvgIpc) is 3.22. The summed E-state index contributed by atoms with van der Waals surface area (Å²) in [6, 6.07) is 13.9. The minimum absolute atomic E-state index is 0.172. The number of benzene rings is 2. The van der Waals surface area contributed by atoms with E-state index in [1.54, 1.807) is 41.1 Å². The number of halogens is 1. The topological polar surface area (TPSA) is 84.3 Å². The summed E-state index contributed by atoms with van der Waals surface area (Å²) in [5.41, 5.74) is 4.11.